The number of rotatable bonds is 4. The van der Waals surface area contributed by atoms with E-state index in [4.69, 9.17) is 5.73 Å². The number of ether oxygens (including phenoxy) is 1. The van der Waals surface area contributed by atoms with Crippen LogP contribution in [0.5, 0.6) is 0 Å². The van der Waals surface area contributed by atoms with Crippen molar-refractivity contribution < 1.29 is 9.53 Å². The van der Waals surface area contributed by atoms with E-state index in [-0.39, 0.29) is 0 Å². The number of nitrogens with one attached hydrogen (secondary N) is 1. The van der Waals surface area contributed by atoms with Gasteiger partial charge < -0.3 is 15.8 Å². The fourth-order valence-corrected chi connectivity index (χ4v) is 2.32. The molecule has 1 aromatic carbocycles. The predicted octanol–water partition coefficient (Wildman–Crippen LogP) is 1.79. The number of anilines is 1. The van der Waals surface area contributed by atoms with Crippen LogP contribution in [0.25, 0.3) is 0 Å². The molecular formula is C16H22N4O2. The second-order valence-corrected chi connectivity index (χ2v) is 5.16. The quantitative estimate of drug-likeness (QED) is 0.841. The van der Waals surface area contributed by atoms with Crippen LogP contribution in [0, 0.1) is 0 Å². The lowest BCUT2D eigenvalue weighted by Gasteiger charge is -2.04. The molecule has 3 N–H and O–H groups in total. The lowest BCUT2D eigenvalue weighted by atomic mass is 10.2. The molecule has 3 rings (SSSR count). The predicted molar refractivity (Wildman–Crippen MR) is 84.9 cm³/mol. The summed E-state index contributed by atoms with van der Waals surface area (Å²) in [7, 11) is 1.87. The highest BCUT2D eigenvalue weighted by molar-refractivity contribution is 5.37. The molecule has 2 aromatic rings. The normalized spacial score (nSPS) is 16.7. The van der Waals surface area contributed by atoms with Crippen molar-refractivity contribution >= 4 is 12.3 Å². The summed E-state index contributed by atoms with van der Waals surface area (Å²) in [5.74, 6) is 0.735. The number of carbonyl (C=O) groups excluding carboxylic acids is 1. The maximum atomic E-state index is 9.76. The van der Waals surface area contributed by atoms with Crippen LogP contribution in [-0.2, 0) is 23.2 Å². The molecule has 0 spiro atoms. The molecule has 2 heterocycles. The number of nitrogens with two attached hydrogens (primary N) is 1. The van der Waals surface area contributed by atoms with Crippen molar-refractivity contribution in [1.29, 1.82) is 0 Å². The highest BCUT2D eigenvalue weighted by Crippen LogP contribution is 2.22. The van der Waals surface area contributed by atoms with Gasteiger partial charge in [0.25, 0.3) is 6.47 Å². The van der Waals surface area contributed by atoms with E-state index in [1.807, 2.05) is 43.4 Å². The van der Waals surface area contributed by atoms with Gasteiger partial charge in [-0.15, -0.1) is 0 Å². The van der Waals surface area contributed by atoms with Gasteiger partial charge in [0, 0.05) is 13.1 Å². The van der Waals surface area contributed by atoms with Crippen LogP contribution < -0.4 is 11.1 Å². The van der Waals surface area contributed by atoms with E-state index in [0.717, 1.165) is 23.6 Å². The van der Waals surface area contributed by atoms with Gasteiger partial charge in [0.1, 0.15) is 12.4 Å². The van der Waals surface area contributed by atoms with Crippen molar-refractivity contribution in [2.75, 3.05) is 12.3 Å². The SMILES string of the molecule is Cn1nc([C@H]2CCCN2)cc1N.O=COCc1ccccc1. The van der Waals surface area contributed by atoms with Crippen LogP contribution in [0.1, 0.15) is 30.1 Å². The molecule has 1 saturated heterocycles. The van der Waals surface area contributed by atoms with Crippen molar-refractivity contribution in [1.82, 2.24) is 15.1 Å². The molecule has 0 saturated carbocycles. The summed E-state index contributed by atoms with van der Waals surface area (Å²) < 4.78 is 6.26. The smallest absolute Gasteiger partial charge is 0.293 e. The molecule has 0 aliphatic carbocycles. The van der Waals surface area contributed by atoms with Gasteiger partial charge in [0.2, 0.25) is 0 Å². The number of benzene rings is 1. The zero-order chi connectivity index (χ0) is 15.8. The number of aromatic nitrogens is 2. The summed E-state index contributed by atoms with van der Waals surface area (Å²) in [5, 5.41) is 7.70. The molecule has 6 nitrogen and oxygen atoms in total. The molecule has 118 valence electrons. The second kappa shape index (κ2) is 8.19. The van der Waals surface area contributed by atoms with Crippen LogP contribution in [0.4, 0.5) is 5.82 Å². The Morgan fingerprint density at radius 1 is 1.45 bits per heavy atom. The Balaban J connectivity index is 0.000000164. The summed E-state index contributed by atoms with van der Waals surface area (Å²) in [6.07, 6.45) is 2.41. The van der Waals surface area contributed by atoms with E-state index in [2.05, 4.69) is 15.2 Å². The molecular weight excluding hydrogens is 280 g/mol. The van der Waals surface area contributed by atoms with Gasteiger partial charge in [0.05, 0.1) is 11.7 Å². The third-order valence-corrected chi connectivity index (χ3v) is 3.51. The van der Waals surface area contributed by atoms with Gasteiger partial charge in [-0.1, -0.05) is 30.3 Å². The Kier molecular flexibility index (Phi) is 5.97. The number of carbonyl (C=O) groups is 1. The van der Waals surface area contributed by atoms with Crippen LogP contribution in [-0.4, -0.2) is 22.8 Å². The third-order valence-electron chi connectivity index (χ3n) is 3.51. The summed E-state index contributed by atoms with van der Waals surface area (Å²) in [6.45, 7) is 1.92. The van der Waals surface area contributed by atoms with E-state index < -0.39 is 0 Å². The molecule has 6 heteroatoms. The summed E-state index contributed by atoms with van der Waals surface area (Å²) in [4.78, 5) is 9.76. The fourth-order valence-electron chi connectivity index (χ4n) is 2.32. The van der Waals surface area contributed by atoms with Gasteiger partial charge >= 0.3 is 0 Å². The Morgan fingerprint density at radius 3 is 2.77 bits per heavy atom. The Hall–Kier alpha value is -2.34. The zero-order valence-corrected chi connectivity index (χ0v) is 12.7. The number of hydrogen-bond donors (Lipinski definition) is 2. The van der Waals surface area contributed by atoms with Gasteiger partial charge in [-0.2, -0.15) is 5.10 Å². The molecule has 0 radical (unpaired) electrons. The van der Waals surface area contributed by atoms with E-state index in [1.165, 1.54) is 12.8 Å². The highest BCUT2D eigenvalue weighted by Gasteiger charge is 2.18. The van der Waals surface area contributed by atoms with E-state index >= 15 is 0 Å². The van der Waals surface area contributed by atoms with Crippen LogP contribution in [0.15, 0.2) is 36.4 Å². The molecule has 0 amide bonds. The topological polar surface area (TPSA) is 82.2 Å². The second-order valence-electron chi connectivity index (χ2n) is 5.16. The molecule has 22 heavy (non-hydrogen) atoms. The summed E-state index contributed by atoms with van der Waals surface area (Å²) in [6, 6.07) is 11.9. The van der Waals surface area contributed by atoms with Crippen LogP contribution >= 0.6 is 0 Å². The first-order valence-corrected chi connectivity index (χ1v) is 7.32. The molecule has 0 bridgehead atoms. The maximum Gasteiger partial charge on any atom is 0.293 e. The van der Waals surface area contributed by atoms with Crippen LogP contribution in [0.2, 0.25) is 0 Å². The fraction of sp³-hybridized carbons (Fsp3) is 0.375. The molecule has 0 unspecified atom stereocenters. The van der Waals surface area contributed by atoms with Crippen molar-refractivity contribution in [3.63, 3.8) is 0 Å². The van der Waals surface area contributed by atoms with Gasteiger partial charge in [0.15, 0.2) is 0 Å². The highest BCUT2D eigenvalue weighted by atomic mass is 16.5. The first-order chi connectivity index (χ1) is 10.7. The van der Waals surface area contributed by atoms with Crippen molar-refractivity contribution in [3.05, 3.63) is 47.7 Å². The molecule has 1 fully saturated rings. The van der Waals surface area contributed by atoms with Gasteiger partial charge in [-0.05, 0) is 24.9 Å². The monoisotopic (exact) mass is 302 g/mol. The first kappa shape index (κ1) is 16.0. The standard InChI is InChI=1S/C8H14N4.C8H8O2/c1-12-8(9)5-7(11-12)6-3-2-4-10-6;9-7-10-6-8-4-2-1-3-5-8/h5-6,10H,2-4,9H2,1H3;1-5,7H,6H2/t6-;/m1./s1. The molecule has 1 aromatic heterocycles. The van der Waals surface area contributed by atoms with Crippen molar-refractivity contribution in [2.24, 2.45) is 7.05 Å². The summed E-state index contributed by atoms with van der Waals surface area (Å²) in [5.41, 5.74) is 7.77. The lowest BCUT2D eigenvalue weighted by molar-refractivity contribution is -0.129. The minimum absolute atomic E-state index is 0.365. The Bertz CT molecular complexity index is 558. The number of aryl methyl sites for hydroxylation is 1. The van der Waals surface area contributed by atoms with E-state index in [1.54, 1.807) is 4.68 Å². The Labute approximate surface area is 130 Å². The average Bonchev–Trinajstić information content (AvgIpc) is 3.18. The van der Waals surface area contributed by atoms with Crippen LogP contribution in [0.3, 0.4) is 0 Å². The average molecular weight is 302 g/mol. The maximum absolute atomic E-state index is 9.76. The summed E-state index contributed by atoms with van der Waals surface area (Å²) >= 11 is 0. The molecule has 1 aliphatic rings. The van der Waals surface area contributed by atoms with Crippen molar-refractivity contribution in [2.45, 2.75) is 25.5 Å². The molecule has 1 atom stereocenters. The number of hydrogen-bond acceptors (Lipinski definition) is 5. The number of nitrogen functional groups attached to an aromatic ring is 1. The minimum Gasteiger partial charge on any atom is -0.463 e. The Morgan fingerprint density at radius 2 is 2.23 bits per heavy atom. The minimum atomic E-state index is 0.365. The first-order valence-electron chi connectivity index (χ1n) is 7.32. The van der Waals surface area contributed by atoms with E-state index in [0.29, 0.717) is 19.1 Å². The third kappa shape index (κ3) is 4.60. The number of nitrogens with zero attached hydrogens (tertiary/aromatic N) is 2. The van der Waals surface area contributed by atoms with Gasteiger partial charge in [-0.3, -0.25) is 9.48 Å². The largest absolute Gasteiger partial charge is 0.463 e. The van der Waals surface area contributed by atoms with Gasteiger partial charge in [-0.25, -0.2) is 0 Å². The lowest BCUT2D eigenvalue weighted by Crippen LogP contribution is -2.13. The zero-order valence-electron chi connectivity index (χ0n) is 12.7. The van der Waals surface area contributed by atoms with Crippen molar-refractivity contribution in [3.8, 4) is 0 Å². The molecule has 1 aliphatic heterocycles. The van der Waals surface area contributed by atoms with E-state index in [9.17, 15) is 4.79 Å².